The molecule has 8 heteroatoms. The van der Waals surface area contributed by atoms with E-state index in [1.165, 1.54) is 6.42 Å². The van der Waals surface area contributed by atoms with Gasteiger partial charge in [-0.3, -0.25) is 4.79 Å². The summed E-state index contributed by atoms with van der Waals surface area (Å²) in [5.41, 5.74) is 0.831. The van der Waals surface area contributed by atoms with Gasteiger partial charge in [0.1, 0.15) is 12.6 Å². The number of amides is 2. The molecule has 0 fully saturated rings. The minimum absolute atomic E-state index is 0.0992. The fourth-order valence-corrected chi connectivity index (χ4v) is 2.90. The summed E-state index contributed by atoms with van der Waals surface area (Å²) in [7, 11) is 0. The van der Waals surface area contributed by atoms with Crippen LogP contribution in [0.3, 0.4) is 0 Å². The van der Waals surface area contributed by atoms with Gasteiger partial charge >= 0.3 is 12.1 Å². The number of alkyl carbamates (subject to hydrolysis) is 1. The second-order valence-electron chi connectivity index (χ2n) is 7.32. The Morgan fingerprint density at radius 2 is 1.70 bits per heavy atom. The Kier molecular flexibility index (Phi) is 12.9. The molecule has 1 rings (SSSR count). The van der Waals surface area contributed by atoms with Crippen molar-refractivity contribution in [3.8, 4) is 0 Å². The van der Waals surface area contributed by atoms with Crippen molar-refractivity contribution in [2.45, 2.75) is 77.0 Å². The van der Waals surface area contributed by atoms with Crippen LogP contribution in [0.15, 0.2) is 30.3 Å². The number of aliphatic hydroxyl groups is 1. The quantitative estimate of drug-likeness (QED) is 0.322. The maximum absolute atomic E-state index is 12.0. The molecule has 0 saturated heterocycles. The molecule has 0 aliphatic heterocycles. The van der Waals surface area contributed by atoms with Crippen LogP contribution in [-0.4, -0.2) is 46.9 Å². The molecule has 0 unspecified atom stereocenters. The Bertz CT molecular complexity index is 638. The van der Waals surface area contributed by atoms with E-state index in [-0.39, 0.29) is 19.6 Å². The molecule has 2 amide bonds. The van der Waals surface area contributed by atoms with E-state index in [0.717, 1.165) is 37.7 Å². The lowest BCUT2D eigenvalue weighted by Crippen LogP contribution is -2.43. The van der Waals surface area contributed by atoms with E-state index in [4.69, 9.17) is 4.74 Å². The van der Waals surface area contributed by atoms with E-state index >= 15 is 0 Å². The Balaban J connectivity index is 2.23. The van der Waals surface area contributed by atoms with Gasteiger partial charge in [-0.25, -0.2) is 9.59 Å². The molecule has 0 saturated carbocycles. The molecule has 0 radical (unpaired) electrons. The smallest absolute Gasteiger partial charge is 0.407 e. The summed E-state index contributed by atoms with van der Waals surface area (Å²) in [4.78, 5) is 35.0. The molecule has 0 bridgehead atoms. The number of aliphatic carboxylic acids is 1. The van der Waals surface area contributed by atoms with Crippen LogP contribution in [0.4, 0.5) is 4.79 Å². The predicted octanol–water partition coefficient (Wildman–Crippen LogP) is 2.98. The second-order valence-corrected chi connectivity index (χ2v) is 7.32. The molecule has 2 atom stereocenters. The highest BCUT2D eigenvalue weighted by Gasteiger charge is 2.21. The summed E-state index contributed by atoms with van der Waals surface area (Å²) >= 11 is 0. The Labute approximate surface area is 178 Å². The number of carboxylic acid groups (broad SMARTS) is 1. The third-order valence-electron chi connectivity index (χ3n) is 4.60. The van der Waals surface area contributed by atoms with Gasteiger partial charge in [-0.2, -0.15) is 0 Å². The molecule has 8 nitrogen and oxygen atoms in total. The van der Waals surface area contributed by atoms with Gasteiger partial charge in [-0.05, 0) is 12.0 Å². The van der Waals surface area contributed by atoms with Crippen molar-refractivity contribution in [3.05, 3.63) is 35.9 Å². The van der Waals surface area contributed by atoms with Gasteiger partial charge in [0.05, 0.1) is 12.5 Å². The van der Waals surface area contributed by atoms with Crippen molar-refractivity contribution in [1.82, 2.24) is 10.6 Å². The third kappa shape index (κ3) is 12.1. The number of benzene rings is 1. The van der Waals surface area contributed by atoms with Crippen LogP contribution >= 0.6 is 0 Å². The molecule has 0 heterocycles. The maximum atomic E-state index is 12.0. The number of carbonyl (C=O) groups is 3. The van der Waals surface area contributed by atoms with Crippen LogP contribution in [-0.2, 0) is 20.9 Å². The minimum Gasteiger partial charge on any atom is -0.480 e. The first-order valence-corrected chi connectivity index (χ1v) is 10.6. The van der Waals surface area contributed by atoms with Crippen molar-refractivity contribution in [2.24, 2.45) is 0 Å². The van der Waals surface area contributed by atoms with Crippen LogP contribution in [0.25, 0.3) is 0 Å². The van der Waals surface area contributed by atoms with Crippen molar-refractivity contribution < 1.29 is 29.3 Å². The molecule has 0 aliphatic rings. The zero-order valence-electron chi connectivity index (χ0n) is 17.6. The summed E-state index contributed by atoms with van der Waals surface area (Å²) in [5.74, 6) is -1.66. The summed E-state index contributed by atoms with van der Waals surface area (Å²) in [6.07, 6.45) is 4.36. The van der Waals surface area contributed by atoms with Gasteiger partial charge in [0, 0.05) is 6.54 Å². The van der Waals surface area contributed by atoms with Gasteiger partial charge in [0.15, 0.2) is 0 Å². The zero-order chi connectivity index (χ0) is 22.2. The molecule has 0 aromatic heterocycles. The maximum Gasteiger partial charge on any atom is 0.407 e. The molecule has 1 aromatic carbocycles. The van der Waals surface area contributed by atoms with E-state index < -0.39 is 30.1 Å². The van der Waals surface area contributed by atoms with Crippen LogP contribution in [0.2, 0.25) is 0 Å². The summed E-state index contributed by atoms with van der Waals surface area (Å²) in [6.45, 7) is 2.06. The minimum atomic E-state index is -1.14. The van der Waals surface area contributed by atoms with Crippen molar-refractivity contribution in [2.75, 3.05) is 6.54 Å². The molecule has 168 valence electrons. The number of aliphatic hydroxyl groups excluding tert-OH is 1. The predicted molar refractivity (Wildman–Crippen MR) is 113 cm³/mol. The number of hydrogen-bond donors (Lipinski definition) is 4. The lowest BCUT2D eigenvalue weighted by Gasteiger charge is -2.16. The second kappa shape index (κ2) is 15.3. The monoisotopic (exact) mass is 422 g/mol. The fraction of sp³-hybridized carbons (Fsp3) is 0.591. The van der Waals surface area contributed by atoms with Crippen LogP contribution in [0, 0.1) is 0 Å². The van der Waals surface area contributed by atoms with Gasteiger partial charge in [-0.15, -0.1) is 0 Å². The van der Waals surface area contributed by atoms with Crippen LogP contribution in [0.5, 0.6) is 0 Å². The Morgan fingerprint density at radius 3 is 2.37 bits per heavy atom. The molecule has 4 N–H and O–H groups in total. The normalized spacial score (nSPS) is 12.6. The highest BCUT2D eigenvalue weighted by molar-refractivity contribution is 5.83. The number of nitrogens with one attached hydrogen (secondary N) is 2. The van der Waals surface area contributed by atoms with Gasteiger partial charge < -0.3 is 25.6 Å². The number of carboxylic acids is 1. The number of hydrogen-bond acceptors (Lipinski definition) is 5. The lowest BCUT2D eigenvalue weighted by molar-refractivity contribution is -0.142. The Morgan fingerprint density at radius 1 is 1.03 bits per heavy atom. The molecule has 30 heavy (non-hydrogen) atoms. The van der Waals surface area contributed by atoms with Crippen molar-refractivity contribution in [3.63, 3.8) is 0 Å². The van der Waals surface area contributed by atoms with E-state index in [9.17, 15) is 24.6 Å². The molecular formula is C22H34N2O6. The highest BCUT2D eigenvalue weighted by atomic mass is 16.5. The third-order valence-corrected chi connectivity index (χ3v) is 4.60. The van der Waals surface area contributed by atoms with Crippen molar-refractivity contribution >= 4 is 18.0 Å². The molecule has 0 aliphatic carbocycles. The Hall–Kier alpha value is -2.61. The van der Waals surface area contributed by atoms with Gasteiger partial charge in [0.2, 0.25) is 5.91 Å². The van der Waals surface area contributed by atoms with Crippen molar-refractivity contribution in [1.29, 1.82) is 0 Å². The first-order valence-electron chi connectivity index (χ1n) is 10.6. The molecule has 0 spiro atoms. The zero-order valence-corrected chi connectivity index (χ0v) is 17.6. The lowest BCUT2D eigenvalue weighted by atomic mass is 10.1. The topological polar surface area (TPSA) is 125 Å². The SMILES string of the molecule is CCCCCCCC[C@@H](NC(=O)C[C@H](O)CNC(=O)OCc1ccccc1)C(=O)O. The molecule has 1 aromatic rings. The standard InChI is InChI=1S/C22H34N2O6/c1-2-3-4-5-6-10-13-19(21(27)28)24-20(26)14-18(25)15-23-22(29)30-16-17-11-8-7-9-12-17/h7-9,11-12,18-19,25H,2-6,10,13-16H2,1H3,(H,23,29)(H,24,26)(H,27,28)/t18-,19+/m0/s1. The average molecular weight is 423 g/mol. The van der Waals surface area contributed by atoms with Crippen LogP contribution < -0.4 is 10.6 Å². The molecular weight excluding hydrogens is 388 g/mol. The van der Waals surface area contributed by atoms with E-state index in [1.54, 1.807) is 0 Å². The first-order chi connectivity index (χ1) is 14.4. The van der Waals surface area contributed by atoms with Crippen LogP contribution in [0.1, 0.15) is 63.9 Å². The van der Waals surface area contributed by atoms with Gasteiger partial charge in [-0.1, -0.05) is 75.8 Å². The fourth-order valence-electron chi connectivity index (χ4n) is 2.90. The van der Waals surface area contributed by atoms with E-state index in [1.807, 2.05) is 30.3 Å². The number of ether oxygens (including phenoxy) is 1. The first kappa shape index (κ1) is 25.4. The summed E-state index contributed by atoms with van der Waals surface area (Å²) in [6, 6.07) is 8.17. The van der Waals surface area contributed by atoms with E-state index in [0.29, 0.717) is 6.42 Å². The van der Waals surface area contributed by atoms with E-state index in [2.05, 4.69) is 17.6 Å². The average Bonchev–Trinajstić information content (AvgIpc) is 2.72. The summed E-state index contributed by atoms with van der Waals surface area (Å²) in [5, 5.41) is 24.0. The van der Waals surface area contributed by atoms with Gasteiger partial charge in [0.25, 0.3) is 0 Å². The highest BCUT2D eigenvalue weighted by Crippen LogP contribution is 2.09. The number of rotatable bonds is 15. The largest absolute Gasteiger partial charge is 0.480 e. The summed E-state index contributed by atoms with van der Waals surface area (Å²) < 4.78 is 5.02. The number of unbranched alkanes of at least 4 members (excludes halogenated alkanes) is 5. The number of carbonyl (C=O) groups excluding carboxylic acids is 2.